The van der Waals surface area contributed by atoms with Gasteiger partial charge in [-0.15, -0.1) is 10.2 Å². The van der Waals surface area contributed by atoms with Gasteiger partial charge in [0.1, 0.15) is 10.6 Å². The lowest BCUT2D eigenvalue weighted by atomic mass is 10.2. The first kappa shape index (κ1) is 23.3. The van der Waals surface area contributed by atoms with E-state index in [-0.39, 0.29) is 34.6 Å². The number of nitrogens with zero attached hydrogens (tertiary/aromatic N) is 6. The summed E-state index contributed by atoms with van der Waals surface area (Å²) in [6, 6.07) is 3.16. The minimum absolute atomic E-state index is 0.00407. The van der Waals surface area contributed by atoms with Gasteiger partial charge >= 0.3 is 11.8 Å². The Balaban J connectivity index is 1.71. The molecule has 2 aromatic rings. The Morgan fingerprint density at radius 2 is 2.03 bits per heavy atom. The molecule has 3 rings (SSSR count). The van der Waals surface area contributed by atoms with E-state index in [0.717, 1.165) is 6.20 Å². The van der Waals surface area contributed by atoms with E-state index in [4.69, 9.17) is 26.8 Å². The number of aromatic nitrogens is 3. The average molecular weight is 466 g/mol. The van der Waals surface area contributed by atoms with Crippen LogP contribution in [0.2, 0.25) is 5.02 Å². The summed E-state index contributed by atoms with van der Waals surface area (Å²) < 4.78 is 10.9. The smallest absolute Gasteiger partial charge is 0.410 e. The molecule has 2 N–H and O–H groups in total. The van der Waals surface area contributed by atoms with Crippen LogP contribution >= 0.6 is 11.6 Å². The molecule has 1 aliphatic rings. The van der Waals surface area contributed by atoms with E-state index in [1.165, 1.54) is 6.07 Å². The molecule has 0 unspecified atom stereocenters. The summed E-state index contributed by atoms with van der Waals surface area (Å²) >= 11 is 6.00. The Hall–Kier alpha value is -3.41. The Bertz CT molecular complexity index is 1010. The number of carbonyl (C=O) groups is 1. The predicted molar refractivity (Wildman–Crippen MR) is 117 cm³/mol. The van der Waals surface area contributed by atoms with Crippen LogP contribution in [0.1, 0.15) is 27.7 Å². The summed E-state index contributed by atoms with van der Waals surface area (Å²) in [6.45, 7) is 8.91. The highest BCUT2D eigenvalue weighted by molar-refractivity contribution is 6.32. The van der Waals surface area contributed by atoms with E-state index in [9.17, 15) is 14.9 Å². The second-order valence-corrected chi connectivity index (χ2v) is 8.63. The highest BCUT2D eigenvalue weighted by atomic mass is 35.5. The first-order valence-electron chi connectivity index (χ1n) is 9.81. The van der Waals surface area contributed by atoms with Crippen molar-refractivity contribution in [2.45, 2.75) is 39.3 Å². The van der Waals surface area contributed by atoms with E-state index < -0.39 is 16.2 Å². The molecular weight excluding hydrogens is 442 g/mol. The van der Waals surface area contributed by atoms with Crippen molar-refractivity contribution < 1.29 is 19.2 Å². The molecule has 0 bridgehead atoms. The molecule has 2 aromatic heterocycles. The van der Waals surface area contributed by atoms with Gasteiger partial charge in [0, 0.05) is 31.7 Å². The number of pyridine rings is 1. The molecule has 1 fully saturated rings. The molecule has 13 heteroatoms. The lowest BCUT2D eigenvalue weighted by Gasteiger charge is -2.40. The fourth-order valence-electron chi connectivity index (χ4n) is 3.16. The second kappa shape index (κ2) is 8.99. The van der Waals surface area contributed by atoms with Crippen molar-refractivity contribution in [3.8, 4) is 11.6 Å². The molecule has 1 aliphatic heterocycles. The Morgan fingerprint density at radius 3 is 2.59 bits per heavy atom. The lowest BCUT2D eigenvalue weighted by molar-refractivity contribution is -0.384. The third-order valence-electron chi connectivity index (χ3n) is 4.58. The normalized spacial score (nSPS) is 16.6. The van der Waals surface area contributed by atoms with Crippen LogP contribution in [0.3, 0.4) is 0 Å². The topological polar surface area (TPSA) is 150 Å². The molecule has 3 heterocycles. The fraction of sp³-hybridized carbons (Fsp3) is 0.474. The molecule has 1 saturated heterocycles. The van der Waals surface area contributed by atoms with Gasteiger partial charge in [-0.3, -0.25) is 10.1 Å². The van der Waals surface area contributed by atoms with Crippen molar-refractivity contribution in [2.75, 3.05) is 30.3 Å². The van der Waals surface area contributed by atoms with Crippen LogP contribution in [-0.4, -0.2) is 62.4 Å². The number of halogens is 1. The number of nitro groups is 1. The largest absolute Gasteiger partial charge is 0.444 e. The monoisotopic (exact) mass is 465 g/mol. The molecule has 1 atom stereocenters. The Kier molecular flexibility index (Phi) is 6.53. The van der Waals surface area contributed by atoms with Crippen molar-refractivity contribution in [1.82, 2.24) is 20.1 Å². The van der Waals surface area contributed by atoms with Gasteiger partial charge in [-0.25, -0.2) is 9.78 Å². The maximum Gasteiger partial charge on any atom is 0.410 e. The van der Waals surface area contributed by atoms with E-state index in [1.54, 1.807) is 11.0 Å². The van der Waals surface area contributed by atoms with Gasteiger partial charge in [-0.05, 0) is 33.8 Å². The summed E-state index contributed by atoms with van der Waals surface area (Å²) in [7, 11) is 0. The SMILES string of the molecule is C[C@H]1CN(C(=O)OC(C)(C)C)CCN1c1ccc(Oc2c(Cl)cnc(N)c2[N+](=O)[O-])nn1. The van der Waals surface area contributed by atoms with Crippen LogP contribution in [-0.2, 0) is 4.74 Å². The highest BCUT2D eigenvalue weighted by Crippen LogP contribution is 2.40. The summed E-state index contributed by atoms with van der Waals surface area (Å²) in [6.07, 6.45) is 0.807. The zero-order valence-corrected chi connectivity index (χ0v) is 18.9. The second-order valence-electron chi connectivity index (χ2n) is 8.23. The summed E-state index contributed by atoms with van der Waals surface area (Å²) in [5, 5.41) is 19.4. The number of nitrogen functional groups attached to an aromatic ring is 1. The number of carbonyl (C=O) groups excluding carboxylic acids is 1. The molecule has 0 saturated carbocycles. The van der Waals surface area contributed by atoms with E-state index >= 15 is 0 Å². The number of ether oxygens (including phenoxy) is 2. The van der Waals surface area contributed by atoms with Crippen LogP contribution in [0.25, 0.3) is 0 Å². The number of rotatable bonds is 4. The van der Waals surface area contributed by atoms with Crippen LogP contribution in [0.5, 0.6) is 11.6 Å². The van der Waals surface area contributed by atoms with Crippen LogP contribution in [0.4, 0.5) is 22.1 Å². The Labute approximate surface area is 189 Å². The van der Waals surface area contributed by atoms with Gasteiger partial charge in [0.25, 0.3) is 0 Å². The number of nitrogens with two attached hydrogens (primary N) is 1. The number of hydrogen-bond acceptors (Lipinski definition) is 10. The van der Waals surface area contributed by atoms with Crippen LogP contribution in [0.15, 0.2) is 18.3 Å². The zero-order valence-electron chi connectivity index (χ0n) is 18.1. The molecule has 0 radical (unpaired) electrons. The van der Waals surface area contributed by atoms with Gasteiger partial charge in [0.05, 0.1) is 11.1 Å². The highest BCUT2D eigenvalue weighted by Gasteiger charge is 2.31. The predicted octanol–water partition coefficient (Wildman–Crippen LogP) is 3.25. The molecule has 32 heavy (non-hydrogen) atoms. The van der Waals surface area contributed by atoms with Gasteiger partial charge in [-0.1, -0.05) is 11.6 Å². The number of anilines is 2. The summed E-state index contributed by atoms with van der Waals surface area (Å²) in [4.78, 5) is 30.2. The third-order valence-corrected chi connectivity index (χ3v) is 4.85. The van der Waals surface area contributed by atoms with Crippen LogP contribution < -0.4 is 15.4 Å². The quantitative estimate of drug-likeness (QED) is 0.526. The first-order chi connectivity index (χ1) is 15.0. The van der Waals surface area contributed by atoms with Gasteiger partial charge in [0.15, 0.2) is 5.82 Å². The van der Waals surface area contributed by atoms with Crippen molar-refractivity contribution in [2.24, 2.45) is 0 Å². The molecule has 12 nitrogen and oxygen atoms in total. The average Bonchev–Trinajstić information content (AvgIpc) is 2.70. The van der Waals surface area contributed by atoms with Gasteiger partial charge < -0.3 is 25.0 Å². The van der Waals surface area contributed by atoms with Crippen molar-refractivity contribution in [1.29, 1.82) is 0 Å². The fourth-order valence-corrected chi connectivity index (χ4v) is 3.34. The molecule has 1 amide bonds. The molecule has 172 valence electrons. The van der Waals surface area contributed by atoms with Crippen molar-refractivity contribution in [3.63, 3.8) is 0 Å². The summed E-state index contributed by atoms with van der Waals surface area (Å²) in [5.74, 6) is -0.00542. The molecule has 0 aromatic carbocycles. The van der Waals surface area contributed by atoms with Crippen LogP contribution in [0, 0.1) is 10.1 Å². The lowest BCUT2D eigenvalue weighted by Crippen LogP contribution is -2.54. The van der Waals surface area contributed by atoms with Crippen molar-refractivity contribution in [3.05, 3.63) is 33.5 Å². The first-order valence-corrected chi connectivity index (χ1v) is 10.2. The third kappa shape index (κ3) is 5.25. The summed E-state index contributed by atoms with van der Waals surface area (Å²) in [5.41, 5.74) is 4.47. The maximum atomic E-state index is 12.3. The number of piperazine rings is 1. The molecule has 0 spiro atoms. The standard InChI is InChI=1S/C19H24ClN7O5/c1-11-10-25(18(28)32-19(2,3)4)7-8-26(11)13-5-6-14(24-23-13)31-16-12(20)9-22-17(21)15(16)27(29)30/h5-6,9,11H,7-8,10H2,1-4H3,(H2,21,22)/t11-/m0/s1. The van der Waals surface area contributed by atoms with Gasteiger partial charge in [0.2, 0.25) is 17.4 Å². The van der Waals surface area contributed by atoms with E-state index in [2.05, 4.69) is 15.2 Å². The van der Waals surface area contributed by atoms with E-state index in [0.29, 0.717) is 25.5 Å². The minimum Gasteiger partial charge on any atom is -0.444 e. The van der Waals surface area contributed by atoms with E-state index in [1.807, 2.05) is 32.6 Å². The zero-order chi connectivity index (χ0) is 23.6. The minimum atomic E-state index is -0.725. The number of hydrogen-bond donors (Lipinski definition) is 1. The van der Waals surface area contributed by atoms with Gasteiger partial charge in [-0.2, -0.15) is 0 Å². The molecule has 0 aliphatic carbocycles. The molecular formula is C19H24ClN7O5. The Morgan fingerprint density at radius 1 is 1.31 bits per heavy atom. The number of amides is 1. The maximum absolute atomic E-state index is 12.3. The van der Waals surface area contributed by atoms with Crippen molar-refractivity contribution >= 4 is 35.0 Å².